The lowest BCUT2D eigenvalue weighted by molar-refractivity contribution is -0.150. The van der Waals surface area contributed by atoms with Gasteiger partial charge in [-0.05, 0) is 38.0 Å². The van der Waals surface area contributed by atoms with E-state index in [1.165, 1.54) is 13.0 Å². The fraction of sp³-hybridized carbons (Fsp3) is 0.364. The molecule has 0 saturated heterocycles. The second kappa shape index (κ2) is 8.66. The highest BCUT2D eigenvalue weighted by molar-refractivity contribution is 5.91. The minimum atomic E-state index is -0.978. The molecular weight excluding hydrogens is 354 g/mol. The molecule has 1 aromatic heterocycles. The first kappa shape index (κ1) is 19.6. The highest BCUT2D eigenvalue weighted by atomic mass is 16.5. The lowest BCUT2D eigenvalue weighted by Gasteiger charge is -2.32. The van der Waals surface area contributed by atoms with Crippen molar-refractivity contribution in [1.29, 1.82) is 5.26 Å². The van der Waals surface area contributed by atoms with Crippen LogP contribution >= 0.6 is 0 Å². The first-order chi connectivity index (χ1) is 13.5. The number of rotatable bonds is 5. The summed E-state index contributed by atoms with van der Waals surface area (Å²) in [5.74, 6) is -1.08. The summed E-state index contributed by atoms with van der Waals surface area (Å²) in [6, 6.07) is 13.7. The molecule has 6 heteroatoms. The van der Waals surface area contributed by atoms with Crippen molar-refractivity contribution in [2.75, 3.05) is 0 Å². The Balaban J connectivity index is 1.57. The van der Waals surface area contributed by atoms with Crippen molar-refractivity contribution in [1.82, 2.24) is 10.3 Å². The molecule has 1 saturated carbocycles. The Hall–Kier alpha value is -3.20. The summed E-state index contributed by atoms with van der Waals surface area (Å²) >= 11 is 0. The predicted molar refractivity (Wildman–Crippen MR) is 106 cm³/mol. The number of fused-ring (bicyclic) bond motifs is 1. The molecule has 2 aromatic rings. The number of hydrogen-bond donors (Lipinski definition) is 1. The van der Waals surface area contributed by atoms with Crippen LogP contribution in [0.2, 0.25) is 0 Å². The lowest BCUT2D eigenvalue weighted by atomic mass is 9.83. The molecule has 1 aliphatic carbocycles. The Kier molecular flexibility index (Phi) is 6.05. The van der Waals surface area contributed by atoms with Crippen molar-refractivity contribution in [3.63, 3.8) is 0 Å². The predicted octanol–water partition coefficient (Wildman–Crippen LogP) is 3.52. The van der Waals surface area contributed by atoms with Gasteiger partial charge in [-0.15, -0.1) is 0 Å². The van der Waals surface area contributed by atoms with Gasteiger partial charge in [0.15, 0.2) is 6.10 Å². The third-order valence-electron chi connectivity index (χ3n) is 4.96. The van der Waals surface area contributed by atoms with Gasteiger partial charge in [-0.1, -0.05) is 43.5 Å². The number of aromatic nitrogens is 1. The molecule has 28 heavy (non-hydrogen) atoms. The van der Waals surface area contributed by atoms with Gasteiger partial charge in [0.1, 0.15) is 5.54 Å². The molecule has 0 bridgehead atoms. The van der Waals surface area contributed by atoms with E-state index in [9.17, 15) is 14.9 Å². The average Bonchev–Trinajstić information content (AvgIpc) is 2.72. The zero-order valence-corrected chi connectivity index (χ0v) is 15.9. The summed E-state index contributed by atoms with van der Waals surface area (Å²) in [6.07, 6.45) is 5.96. The van der Waals surface area contributed by atoms with Gasteiger partial charge in [-0.3, -0.25) is 4.79 Å². The molecule has 1 heterocycles. The third kappa shape index (κ3) is 4.74. The van der Waals surface area contributed by atoms with Crippen molar-refractivity contribution >= 4 is 28.9 Å². The summed E-state index contributed by atoms with van der Waals surface area (Å²) in [4.78, 5) is 28.9. The second-order valence-electron chi connectivity index (χ2n) is 7.09. The molecular formula is C22H23N3O3. The van der Waals surface area contributed by atoms with Gasteiger partial charge in [0.05, 0.1) is 17.3 Å². The second-order valence-corrected chi connectivity index (χ2v) is 7.09. The van der Waals surface area contributed by atoms with Gasteiger partial charge in [0.2, 0.25) is 0 Å². The molecule has 1 atom stereocenters. The van der Waals surface area contributed by atoms with Crippen LogP contribution in [0.1, 0.15) is 44.7 Å². The SMILES string of the molecule is C[C@@H](OC(=O)/C=C\c1ccc2ccccc2n1)C(=O)NC1(C#N)CCCCC1. The van der Waals surface area contributed by atoms with Crippen LogP contribution in [0, 0.1) is 11.3 Å². The summed E-state index contributed by atoms with van der Waals surface area (Å²) in [5.41, 5.74) is 0.611. The van der Waals surface area contributed by atoms with Crippen LogP contribution in [-0.4, -0.2) is 28.5 Å². The zero-order chi connectivity index (χ0) is 20.0. The first-order valence-electron chi connectivity index (χ1n) is 9.49. The van der Waals surface area contributed by atoms with Gasteiger partial charge < -0.3 is 10.1 Å². The number of hydrogen-bond acceptors (Lipinski definition) is 5. The number of benzene rings is 1. The number of amides is 1. The van der Waals surface area contributed by atoms with Crippen molar-refractivity contribution in [3.8, 4) is 6.07 Å². The van der Waals surface area contributed by atoms with Gasteiger partial charge >= 0.3 is 5.97 Å². The maximum atomic E-state index is 12.4. The summed E-state index contributed by atoms with van der Waals surface area (Å²) < 4.78 is 5.18. The highest BCUT2D eigenvalue weighted by Crippen LogP contribution is 2.27. The smallest absolute Gasteiger partial charge is 0.331 e. The number of carbonyl (C=O) groups excluding carboxylic acids is 2. The standard InChI is InChI=1S/C22H23N3O3/c1-16(21(27)25-22(15-23)13-5-2-6-14-22)28-20(26)12-11-18-10-9-17-7-3-4-8-19(17)24-18/h3-4,7-12,16H,2,5-6,13-14H2,1H3,(H,25,27)/b12-11-/t16-/m1/s1. The average molecular weight is 377 g/mol. The summed E-state index contributed by atoms with van der Waals surface area (Å²) in [6.45, 7) is 1.50. The minimum Gasteiger partial charge on any atom is -0.449 e. The number of nitrogens with one attached hydrogen (secondary N) is 1. The van der Waals surface area contributed by atoms with Gasteiger partial charge in [-0.2, -0.15) is 5.26 Å². The quantitative estimate of drug-likeness (QED) is 0.636. The topological polar surface area (TPSA) is 92.1 Å². The number of nitrogens with zero attached hydrogens (tertiary/aromatic N) is 2. The van der Waals surface area contributed by atoms with E-state index >= 15 is 0 Å². The Bertz CT molecular complexity index is 939. The molecule has 144 valence electrons. The van der Waals surface area contributed by atoms with E-state index in [1.54, 1.807) is 6.08 Å². The van der Waals surface area contributed by atoms with Crippen LogP contribution < -0.4 is 5.32 Å². The number of para-hydroxylation sites is 1. The van der Waals surface area contributed by atoms with Crippen LogP contribution in [0.3, 0.4) is 0 Å². The largest absolute Gasteiger partial charge is 0.449 e. The van der Waals surface area contributed by atoms with Crippen molar-refractivity contribution in [2.24, 2.45) is 0 Å². The van der Waals surface area contributed by atoms with E-state index in [-0.39, 0.29) is 0 Å². The Morgan fingerprint density at radius 2 is 1.96 bits per heavy atom. The molecule has 1 aliphatic rings. The van der Waals surface area contributed by atoms with Crippen molar-refractivity contribution < 1.29 is 14.3 Å². The fourth-order valence-electron chi connectivity index (χ4n) is 3.35. The van der Waals surface area contributed by atoms with Crippen LogP contribution in [0.5, 0.6) is 0 Å². The van der Waals surface area contributed by atoms with Gasteiger partial charge in [0.25, 0.3) is 5.91 Å². The number of ether oxygens (including phenoxy) is 1. The highest BCUT2D eigenvalue weighted by Gasteiger charge is 2.35. The van der Waals surface area contributed by atoms with Gasteiger partial charge in [-0.25, -0.2) is 9.78 Å². The van der Waals surface area contributed by atoms with Crippen molar-refractivity contribution in [2.45, 2.75) is 50.7 Å². The number of pyridine rings is 1. The molecule has 0 radical (unpaired) electrons. The van der Waals surface area contributed by atoms with Crippen LogP contribution in [0.4, 0.5) is 0 Å². The molecule has 0 spiro atoms. The molecule has 1 aromatic carbocycles. The van der Waals surface area contributed by atoms with E-state index in [0.29, 0.717) is 18.5 Å². The molecule has 0 unspecified atom stereocenters. The van der Waals surface area contributed by atoms with E-state index < -0.39 is 23.5 Å². The Morgan fingerprint density at radius 3 is 2.71 bits per heavy atom. The molecule has 1 amide bonds. The Morgan fingerprint density at radius 1 is 1.21 bits per heavy atom. The van der Waals surface area contributed by atoms with E-state index in [1.807, 2.05) is 36.4 Å². The maximum absolute atomic E-state index is 12.4. The fourth-order valence-corrected chi connectivity index (χ4v) is 3.35. The first-order valence-corrected chi connectivity index (χ1v) is 9.49. The third-order valence-corrected chi connectivity index (χ3v) is 4.96. The zero-order valence-electron chi connectivity index (χ0n) is 15.9. The molecule has 0 aliphatic heterocycles. The maximum Gasteiger partial charge on any atom is 0.331 e. The summed E-state index contributed by atoms with van der Waals surface area (Å²) in [5, 5.41) is 13.2. The van der Waals surface area contributed by atoms with E-state index in [4.69, 9.17) is 4.74 Å². The molecule has 1 N–H and O–H groups in total. The van der Waals surface area contributed by atoms with Gasteiger partial charge in [0, 0.05) is 11.5 Å². The Labute approximate surface area is 164 Å². The lowest BCUT2D eigenvalue weighted by Crippen LogP contribution is -2.52. The normalized spacial score (nSPS) is 17.0. The molecule has 6 nitrogen and oxygen atoms in total. The summed E-state index contributed by atoms with van der Waals surface area (Å²) in [7, 11) is 0. The minimum absolute atomic E-state index is 0.450. The van der Waals surface area contributed by atoms with Crippen LogP contribution in [0.15, 0.2) is 42.5 Å². The van der Waals surface area contributed by atoms with Crippen molar-refractivity contribution in [3.05, 3.63) is 48.2 Å². The van der Waals surface area contributed by atoms with Crippen LogP contribution in [0.25, 0.3) is 17.0 Å². The molecule has 1 fully saturated rings. The number of carbonyl (C=O) groups is 2. The van der Waals surface area contributed by atoms with E-state index in [0.717, 1.165) is 30.2 Å². The van der Waals surface area contributed by atoms with Crippen LogP contribution in [-0.2, 0) is 14.3 Å². The monoisotopic (exact) mass is 377 g/mol. The number of nitriles is 1. The van der Waals surface area contributed by atoms with E-state index in [2.05, 4.69) is 16.4 Å². The number of esters is 1. The molecule has 3 rings (SSSR count).